The minimum atomic E-state index is 0.677. The van der Waals surface area contributed by atoms with Crippen LogP contribution in [0.4, 0.5) is 0 Å². The van der Waals surface area contributed by atoms with Crippen molar-refractivity contribution in [2.24, 2.45) is 0 Å². The van der Waals surface area contributed by atoms with E-state index in [0.717, 1.165) is 24.6 Å². The molecular weight excluding hydrogens is 212 g/mol. The van der Waals surface area contributed by atoms with Gasteiger partial charge in [-0.15, -0.1) is 0 Å². The molecule has 0 aromatic carbocycles. The molecule has 3 nitrogen and oxygen atoms in total. The molecule has 0 spiro atoms. The van der Waals surface area contributed by atoms with Crippen LogP contribution in [0, 0.1) is 0 Å². The summed E-state index contributed by atoms with van der Waals surface area (Å²) in [6, 6.07) is 5.54. The van der Waals surface area contributed by atoms with Crippen molar-refractivity contribution in [2.75, 3.05) is 7.05 Å². The average Bonchev–Trinajstić information content (AvgIpc) is 2.72. The standard InChI is InChI=1S/C14H24N2O/c1-11-5-4-6-12(2)16(11)10-14-8-7-13(17-14)9-15-3/h7-8,11-12,15H,4-6,9-10H2,1-3H3. The molecule has 1 saturated heterocycles. The van der Waals surface area contributed by atoms with Gasteiger partial charge in [-0.1, -0.05) is 6.42 Å². The van der Waals surface area contributed by atoms with Gasteiger partial charge in [-0.05, 0) is 45.9 Å². The van der Waals surface area contributed by atoms with Crippen LogP contribution in [0.3, 0.4) is 0 Å². The Morgan fingerprint density at radius 1 is 1.24 bits per heavy atom. The topological polar surface area (TPSA) is 28.4 Å². The zero-order valence-electron chi connectivity index (χ0n) is 11.2. The molecule has 1 aromatic heterocycles. The molecule has 0 aliphatic carbocycles. The Kier molecular flexibility index (Phi) is 4.24. The van der Waals surface area contributed by atoms with Crippen LogP contribution in [-0.2, 0) is 13.1 Å². The molecule has 3 heteroatoms. The van der Waals surface area contributed by atoms with Gasteiger partial charge in [0.05, 0.1) is 13.1 Å². The average molecular weight is 236 g/mol. The Morgan fingerprint density at radius 2 is 1.88 bits per heavy atom. The van der Waals surface area contributed by atoms with Crippen molar-refractivity contribution in [3.63, 3.8) is 0 Å². The SMILES string of the molecule is CNCc1ccc(CN2C(C)CCCC2C)o1. The molecule has 2 heterocycles. The second-order valence-electron chi connectivity index (χ2n) is 5.20. The number of hydrogen-bond donors (Lipinski definition) is 1. The molecule has 1 aliphatic rings. The second kappa shape index (κ2) is 5.69. The fourth-order valence-corrected chi connectivity index (χ4v) is 2.74. The van der Waals surface area contributed by atoms with Gasteiger partial charge in [-0.3, -0.25) is 4.90 Å². The summed E-state index contributed by atoms with van der Waals surface area (Å²) in [6.45, 7) is 6.41. The lowest BCUT2D eigenvalue weighted by Gasteiger charge is -2.38. The van der Waals surface area contributed by atoms with Crippen LogP contribution < -0.4 is 5.32 Å². The first kappa shape index (κ1) is 12.7. The number of nitrogens with zero attached hydrogens (tertiary/aromatic N) is 1. The number of nitrogens with one attached hydrogen (secondary N) is 1. The van der Waals surface area contributed by atoms with Gasteiger partial charge in [-0.2, -0.15) is 0 Å². The van der Waals surface area contributed by atoms with Gasteiger partial charge in [-0.25, -0.2) is 0 Å². The van der Waals surface area contributed by atoms with E-state index in [-0.39, 0.29) is 0 Å². The normalized spacial score (nSPS) is 26.3. The van der Waals surface area contributed by atoms with Gasteiger partial charge in [0.15, 0.2) is 0 Å². The van der Waals surface area contributed by atoms with Gasteiger partial charge in [0.25, 0.3) is 0 Å². The van der Waals surface area contributed by atoms with Crippen molar-refractivity contribution in [1.29, 1.82) is 0 Å². The Morgan fingerprint density at radius 3 is 2.53 bits per heavy atom. The third kappa shape index (κ3) is 3.11. The summed E-state index contributed by atoms with van der Waals surface area (Å²) in [6.07, 6.45) is 3.99. The van der Waals surface area contributed by atoms with Crippen LogP contribution in [-0.4, -0.2) is 24.0 Å². The minimum absolute atomic E-state index is 0.677. The summed E-state index contributed by atoms with van der Waals surface area (Å²) in [5.74, 6) is 2.12. The predicted octanol–water partition coefficient (Wildman–Crippen LogP) is 2.76. The zero-order chi connectivity index (χ0) is 12.3. The van der Waals surface area contributed by atoms with E-state index < -0.39 is 0 Å². The monoisotopic (exact) mass is 236 g/mol. The van der Waals surface area contributed by atoms with E-state index in [4.69, 9.17) is 4.42 Å². The highest BCUT2D eigenvalue weighted by Gasteiger charge is 2.25. The molecule has 2 rings (SSSR count). The maximum absolute atomic E-state index is 5.82. The molecule has 1 aliphatic heterocycles. The lowest BCUT2D eigenvalue weighted by molar-refractivity contribution is 0.0867. The smallest absolute Gasteiger partial charge is 0.118 e. The molecule has 1 fully saturated rings. The molecule has 1 aromatic rings. The fourth-order valence-electron chi connectivity index (χ4n) is 2.74. The van der Waals surface area contributed by atoms with E-state index in [9.17, 15) is 0 Å². The minimum Gasteiger partial charge on any atom is -0.463 e. The molecular formula is C14H24N2O. The van der Waals surface area contributed by atoms with Crippen LogP contribution in [0.5, 0.6) is 0 Å². The summed E-state index contributed by atoms with van der Waals surface area (Å²) in [5.41, 5.74) is 0. The van der Waals surface area contributed by atoms with Gasteiger partial charge < -0.3 is 9.73 Å². The van der Waals surface area contributed by atoms with Crippen LogP contribution >= 0.6 is 0 Å². The Balaban J connectivity index is 1.98. The molecule has 17 heavy (non-hydrogen) atoms. The van der Waals surface area contributed by atoms with Crippen molar-refractivity contribution in [3.05, 3.63) is 23.7 Å². The van der Waals surface area contributed by atoms with Gasteiger partial charge in [0.1, 0.15) is 11.5 Å². The number of furan rings is 1. The van der Waals surface area contributed by atoms with Crippen molar-refractivity contribution >= 4 is 0 Å². The lowest BCUT2D eigenvalue weighted by Crippen LogP contribution is -2.42. The van der Waals surface area contributed by atoms with Gasteiger partial charge in [0, 0.05) is 12.1 Å². The van der Waals surface area contributed by atoms with Crippen molar-refractivity contribution in [3.8, 4) is 0 Å². The largest absolute Gasteiger partial charge is 0.463 e. The van der Waals surface area contributed by atoms with Gasteiger partial charge in [0.2, 0.25) is 0 Å². The summed E-state index contributed by atoms with van der Waals surface area (Å²) in [7, 11) is 1.94. The maximum atomic E-state index is 5.82. The number of rotatable bonds is 4. The Bertz CT molecular complexity index is 338. The summed E-state index contributed by atoms with van der Waals surface area (Å²) < 4.78 is 5.82. The summed E-state index contributed by atoms with van der Waals surface area (Å²) >= 11 is 0. The molecule has 96 valence electrons. The molecule has 0 saturated carbocycles. The summed E-state index contributed by atoms with van der Waals surface area (Å²) in [4.78, 5) is 2.56. The van der Waals surface area contributed by atoms with Crippen molar-refractivity contribution in [1.82, 2.24) is 10.2 Å². The van der Waals surface area contributed by atoms with E-state index in [1.54, 1.807) is 0 Å². The van der Waals surface area contributed by atoms with E-state index in [1.807, 2.05) is 7.05 Å². The first-order chi connectivity index (χ1) is 8.20. The van der Waals surface area contributed by atoms with Crippen LogP contribution in [0.15, 0.2) is 16.5 Å². The molecule has 2 atom stereocenters. The Hall–Kier alpha value is -0.800. The van der Waals surface area contributed by atoms with Crippen LogP contribution in [0.2, 0.25) is 0 Å². The van der Waals surface area contributed by atoms with E-state index in [2.05, 4.69) is 36.2 Å². The molecule has 2 unspecified atom stereocenters. The third-order valence-corrected chi connectivity index (χ3v) is 3.78. The first-order valence-electron chi connectivity index (χ1n) is 6.68. The fraction of sp³-hybridized carbons (Fsp3) is 0.714. The predicted molar refractivity (Wildman–Crippen MR) is 69.8 cm³/mol. The van der Waals surface area contributed by atoms with Gasteiger partial charge >= 0.3 is 0 Å². The Labute approximate surface area is 104 Å². The lowest BCUT2D eigenvalue weighted by atomic mass is 9.97. The van der Waals surface area contributed by atoms with E-state index >= 15 is 0 Å². The highest BCUT2D eigenvalue weighted by molar-refractivity contribution is 5.07. The molecule has 1 N–H and O–H groups in total. The quantitative estimate of drug-likeness (QED) is 0.871. The maximum Gasteiger partial charge on any atom is 0.118 e. The van der Waals surface area contributed by atoms with Crippen molar-refractivity contribution in [2.45, 2.75) is 58.3 Å². The van der Waals surface area contributed by atoms with Crippen LogP contribution in [0.25, 0.3) is 0 Å². The highest BCUT2D eigenvalue weighted by atomic mass is 16.3. The van der Waals surface area contributed by atoms with E-state index in [1.165, 1.54) is 19.3 Å². The van der Waals surface area contributed by atoms with Crippen LogP contribution in [0.1, 0.15) is 44.6 Å². The molecule has 0 radical (unpaired) electrons. The number of hydrogen-bond acceptors (Lipinski definition) is 3. The highest BCUT2D eigenvalue weighted by Crippen LogP contribution is 2.25. The molecule has 0 amide bonds. The van der Waals surface area contributed by atoms with Crippen molar-refractivity contribution < 1.29 is 4.42 Å². The number of likely N-dealkylation sites (tertiary alicyclic amines) is 1. The third-order valence-electron chi connectivity index (χ3n) is 3.78. The van der Waals surface area contributed by atoms with E-state index in [0.29, 0.717) is 12.1 Å². The first-order valence-corrected chi connectivity index (χ1v) is 6.68. The zero-order valence-corrected chi connectivity index (χ0v) is 11.2. The summed E-state index contributed by atoms with van der Waals surface area (Å²) in [5, 5.41) is 3.11. The molecule has 0 bridgehead atoms. The number of piperidine rings is 1. The second-order valence-corrected chi connectivity index (χ2v) is 5.20.